The van der Waals surface area contributed by atoms with Gasteiger partial charge in [-0.25, -0.2) is 4.79 Å². The highest BCUT2D eigenvalue weighted by Crippen LogP contribution is 2.23. The topological polar surface area (TPSA) is 46.5 Å². The van der Waals surface area contributed by atoms with Crippen LogP contribution in [0.1, 0.15) is 12.5 Å². The van der Waals surface area contributed by atoms with Crippen molar-refractivity contribution in [2.75, 3.05) is 6.61 Å². The molecule has 0 atom stereocenters. The van der Waals surface area contributed by atoms with E-state index in [1.165, 1.54) is 0 Å². The van der Waals surface area contributed by atoms with Crippen molar-refractivity contribution in [1.29, 1.82) is 0 Å². The van der Waals surface area contributed by atoms with Gasteiger partial charge >= 0.3 is 5.97 Å². The summed E-state index contributed by atoms with van der Waals surface area (Å²) in [4.78, 5) is 10.4. The molecule has 0 spiro atoms. The minimum absolute atomic E-state index is 0.657. The van der Waals surface area contributed by atoms with E-state index in [9.17, 15) is 4.79 Å². The Kier molecular flexibility index (Phi) is 4.56. The van der Waals surface area contributed by atoms with Crippen LogP contribution in [-0.2, 0) is 4.79 Å². The summed E-state index contributed by atoms with van der Waals surface area (Å²) in [7, 11) is 0. The van der Waals surface area contributed by atoms with Gasteiger partial charge in [0.2, 0.25) is 0 Å². The van der Waals surface area contributed by atoms with E-state index in [0.717, 1.165) is 28.5 Å². The Bertz CT molecular complexity index is 595. The predicted molar refractivity (Wildman–Crippen MR) is 79.7 cm³/mol. The van der Waals surface area contributed by atoms with Gasteiger partial charge in [-0.1, -0.05) is 36.4 Å². The molecule has 0 aliphatic rings. The van der Waals surface area contributed by atoms with Crippen LogP contribution in [0.4, 0.5) is 0 Å². The number of carboxylic acids is 1. The molecular formula is C17H16O3. The largest absolute Gasteiger partial charge is 0.494 e. The average molecular weight is 268 g/mol. The number of hydrogen-bond donors (Lipinski definition) is 1. The van der Waals surface area contributed by atoms with Gasteiger partial charge in [-0.05, 0) is 41.8 Å². The third kappa shape index (κ3) is 3.72. The molecule has 0 aliphatic carbocycles. The molecule has 1 N–H and O–H groups in total. The summed E-state index contributed by atoms with van der Waals surface area (Å²) < 4.78 is 5.41. The molecule has 0 fully saturated rings. The SMILES string of the molecule is CCOc1ccc(-c2ccc(/C=C/C(=O)O)cc2)cc1. The molecule has 2 rings (SSSR count). The van der Waals surface area contributed by atoms with Gasteiger partial charge in [0.1, 0.15) is 5.75 Å². The van der Waals surface area contributed by atoms with E-state index in [1.807, 2.05) is 55.5 Å². The lowest BCUT2D eigenvalue weighted by atomic mass is 10.0. The van der Waals surface area contributed by atoms with Crippen molar-refractivity contribution in [1.82, 2.24) is 0 Å². The van der Waals surface area contributed by atoms with Crippen LogP contribution in [0.15, 0.2) is 54.6 Å². The summed E-state index contributed by atoms with van der Waals surface area (Å²) in [5, 5.41) is 8.58. The van der Waals surface area contributed by atoms with Gasteiger partial charge in [0, 0.05) is 6.08 Å². The molecule has 0 bridgehead atoms. The zero-order valence-corrected chi connectivity index (χ0v) is 11.2. The molecule has 2 aromatic rings. The summed E-state index contributed by atoms with van der Waals surface area (Å²) in [5.41, 5.74) is 3.05. The Morgan fingerprint density at radius 2 is 1.60 bits per heavy atom. The molecule has 0 unspecified atom stereocenters. The molecule has 3 heteroatoms. The summed E-state index contributed by atoms with van der Waals surface area (Å²) in [6.45, 7) is 2.61. The molecule has 0 aliphatic heterocycles. The van der Waals surface area contributed by atoms with Gasteiger partial charge in [0.15, 0.2) is 0 Å². The number of carbonyl (C=O) groups is 1. The van der Waals surface area contributed by atoms with E-state index in [0.29, 0.717) is 6.61 Å². The van der Waals surface area contributed by atoms with Gasteiger partial charge in [-0.15, -0.1) is 0 Å². The molecular weight excluding hydrogens is 252 g/mol. The molecule has 0 radical (unpaired) electrons. The lowest BCUT2D eigenvalue weighted by Gasteiger charge is -2.05. The second-order valence-electron chi connectivity index (χ2n) is 4.25. The van der Waals surface area contributed by atoms with Crippen LogP contribution in [-0.4, -0.2) is 17.7 Å². The van der Waals surface area contributed by atoms with E-state index < -0.39 is 5.97 Å². The molecule has 0 saturated carbocycles. The van der Waals surface area contributed by atoms with Gasteiger partial charge in [-0.3, -0.25) is 0 Å². The molecule has 0 aromatic heterocycles. The molecule has 0 amide bonds. The fourth-order valence-electron chi connectivity index (χ4n) is 1.86. The van der Waals surface area contributed by atoms with Crippen LogP contribution in [0.25, 0.3) is 17.2 Å². The fourth-order valence-corrected chi connectivity index (χ4v) is 1.86. The molecule has 0 saturated heterocycles. The number of ether oxygens (including phenoxy) is 1. The molecule has 0 heterocycles. The van der Waals surface area contributed by atoms with E-state index in [-0.39, 0.29) is 0 Å². The molecule has 2 aromatic carbocycles. The van der Waals surface area contributed by atoms with Crippen molar-refractivity contribution in [3.05, 3.63) is 60.2 Å². The highest BCUT2D eigenvalue weighted by Gasteiger charge is 1.98. The van der Waals surface area contributed by atoms with Gasteiger partial charge < -0.3 is 9.84 Å². The van der Waals surface area contributed by atoms with Crippen molar-refractivity contribution >= 4 is 12.0 Å². The van der Waals surface area contributed by atoms with Gasteiger partial charge in [-0.2, -0.15) is 0 Å². The molecule has 20 heavy (non-hydrogen) atoms. The summed E-state index contributed by atoms with van der Waals surface area (Å²) in [6.07, 6.45) is 2.70. The average Bonchev–Trinajstić information content (AvgIpc) is 2.47. The minimum atomic E-state index is -0.944. The Hall–Kier alpha value is -2.55. The lowest BCUT2D eigenvalue weighted by molar-refractivity contribution is -0.131. The Labute approximate surface area is 118 Å². The third-order valence-corrected chi connectivity index (χ3v) is 2.83. The maximum atomic E-state index is 10.4. The monoisotopic (exact) mass is 268 g/mol. The maximum absolute atomic E-state index is 10.4. The van der Waals surface area contributed by atoms with Crippen LogP contribution >= 0.6 is 0 Å². The van der Waals surface area contributed by atoms with E-state index in [1.54, 1.807) is 6.08 Å². The highest BCUT2D eigenvalue weighted by molar-refractivity contribution is 5.85. The van der Waals surface area contributed by atoms with Crippen molar-refractivity contribution < 1.29 is 14.6 Å². The fraction of sp³-hybridized carbons (Fsp3) is 0.118. The highest BCUT2D eigenvalue weighted by atomic mass is 16.5. The number of aliphatic carboxylic acids is 1. The van der Waals surface area contributed by atoms with Crippen molar-refractivity contribution in [3.63, 3.8) is 0 Å². The van der Waals surface area contributed by atoms with Crippen LogP contribution < -0.4 is 4.74 Å². The van der Waals surface area contributed by atoms with Crippen molar-refractivity contribution in [2.45, 2.75) is 6.92 Å². The number of rotatable bonds is 5. The first-order chi connectivity index (χ1) is 9.69. The van der Waals surface area contributed by atoms with E-state index in [2.05, 4.69) is 0 Å². The number of hydrogen-bond acceptors (Lipinski definition) is 2. The Balaban J connectivity index is 2.15. The van der Waals surface area contributed by atoms with E-state index in [4.69, 9.17) is 9.84 Å². The van der Waals surface area contributed by atoms with Gasteiger partial charge in [0.25, 0.3) is 0 Å². The second-order valence-corrected chi connectivity index (χ2v) is 4.25. The molecule has 3 nitrogen and oxygen atoms in total. The van der Waals surface area contributed by atoms with Crippen LogP contribution in [0.3, 0.4) is 0 Å². The normalized spacial score (nSPS) is 10.7. The predicted octanol–water partition coefficient (Wildman–Crippen LogP) is 3.85. The van der Waals surface area contributed by atoms with Crippen LogP contribution in [0, 0.1) is 0 Å². The second kappa shape index (κ2) is 6.57. The first kappa shape index (κ1) is 13.9. The zero-order valence-electron chi connectivity index (χ0n) is 11.2. The van der Waals surface area contributed by atoms with Gasteiger partial charge in [0.05, 0.1) is 6.61 Å². The number of carboxylic acid groups (broad SMARTS) is 1. The summed E-state index contributed by atoms with van der Waals surface area (Å²) in [5.74, 6) is -0.0853. The third-order valence-electron chi connectivity index (χ3n) is 2.83. The Morgan fingerprint density at radius 1 is 1.05 bits per heavy atom. The zero-order chi connectivity index (χ0) is 14.4. The quantitative estimate of drug-likeness (QED) is 0.838. The van der Waals surface area contributed by atoms with Crippen molar-refractivity contribution in [3.8, 4) is 16.9 Å². The Morgan fingerprint density at radius 3 is 2.10 bits per heavy atom. The first-order valence-electron chi connectivity index (χ1n) is 6.43. The first-order valence-corrected chi connectivity index (χ1v) is 6.43. The van der Waals surface area contributed by atoms with Crippen LogP contribution in [0.5, 0.6) is 5.75 Å². The minimum Gasteiger partial charge on any atom is -0.494 e. The summed E-state index contributed by atoms with van der Waals surface area (Å²) >= 11 is 0. The summed E-state index contributed by atoms with van der Waals surface area (Å²) in [6, 6.07) is 15.6. The van der Waals surface area contributed by atoms with Crippen LogP contribution in [0.2, 0.25) is 0 Å². The van der Waals surface area contributed by atoms with Crippen molar-refractivity contribution in [2.24, 2.45) is 0 Å². The molecule has 102 valence electrons. The number of benzene rings is 2. The lowest BCUT2D eigenvalue weighted by Crippen LogP contribution is -1.90. The maximum Gasteiger partial charge on any atom is 0.328 e. The standard InChI is InChI=1S/C17H16O3/c1-2-20-16-10-8-15(9-11-16)14-6-3-13(4-7-14)5-12-17(18)19/h3-12H,2H2,1H3,(H,18,19)/b12-5+. The smallest absolute Gasteiger partial charge is 0.328 e. The van der Waals surface area contributed by atoms with E-state index >= 15 is 0 Å².